The Kier molecular flexibility index (Phi) is 6.00. The molecule has 0 spiro atoms. The zero-order valence-electron chi connectivity index (χ0n) is 10.1. The maximum atomic E-state index is 11.8. The predicted molar refractivity (Wildman–Crippen MR) is 65.8 cm³/mol. The van der Waals surface area contributed by atoms with Crippen molar-refractivity contribution >= 4 is 11.6 Å². The van der Waals surface area contributed by atoms with Crippen LogP contribution in [0.1, 0.15) is 19.8 Å². The Labute approximate surface area is 105 Å². The van der Waals surface area contributed by atoms with Gasteiger partial charge in [0.1, 0.15) is 0 Å². The lowest BCUT2D eigenvalue weighted by Crippen LogP contribution is -2.24. The van der Waals surface area contributed by atoms with E-state index in [0.29, 0.717) is 19.8 Å². The summed E-state index contributed by atoms with van der Waals surface area (Å²) < 4.78 is 11.7. The predicted octanol–water partition coefficient (Wildman–Crippen LogP) is 1.72. The van der Waals surface area contributed by atoms with Gasteiger partial charge in [0, 0.05) is 6.61 Å². The molecule has 0 saturated carbocycles. The number of methoxy groups -OCH3 is 1. The molecule has 0 N–H and O–H groups in total. The second-order valence-corrected chi connectivity index (χ2v) is 3.89. The van der Waals surface area contributed by atoms with E-state index in [9.17, 15) is 4.79 Å². The molecule has 0 fully saturated rings. The van der Waals surface area contributed by atoms with Crippen LogP contribution < -0.4 is 10.3 Å². The highest BCUT2D eigenvalue weighted by atomic mass is 35.5. The fraction of sp³-hybridized carbons (Fsp3) is 0.636. The standard InChI is InChI=1S/C11H17ClN2O3/c1-3-4-6-17-7-5-14-8-13-10(12)9(16-2)11(14)15/h8H,3-7H2,1-2H3. The molecule has 0 radical (unpaired) electrons. The van der Waals surface area contributed by atoms with Crippen LogP contribution in [0.2, 0.25) is 5.15 Å². The third kappa shape index (κ3) is 4.02. The Morgan fingerprint density at radius 3 is 2.88 bits per heavy atom. The first-order chi connectivity index (χ1) is 8.20. The minimum atomic E-state index is -0.286. The Morgan fingerprint density at radius 1 is 1.47 bits per heavy atom. The monoisotopic (exact) mass is 260 g/mol. The molecule has 0 bridgehead atoms. The Hall–Kier alpha value is -1.07. The van der Waals surface area contributed by atoms with Crippen molar-refractivity contribution in [1.29, 1.82) is 0 Å². The van der Waals surface area contributed by atoms with Crippen LogP contribution >= 0.6 is 11.6 Å². The van der Waals surface area contributed by atoms with Crippen LogP contribution in [-0.4, -0.2) is 29.9 Å². The molecule has 0 aromatic carbocycles. The van der Waals surface area contributed by atoms with Crippen LogP contribution in [0.15, 0.2) is 11.1 Å². The number of ether oxygens (including phenoxy) is 2. The molecule has 1 aromatic heterocycles. The summed E-state index contributed by atoms with van der Waals surface area (Å²) in [6.07, 6.45) is 3.52. The maximum Gasteiger partial charge on any atom is 0.297 e. The summed E-state index contributed by atoms with van der Waals surface area (Å²) in [5.41, 5.74) is -0.286. The van der Waals surface area contributed by atoms with Gasteiger partial charge in [-0.1, -0.05) is 24.9 Å². The van der Waals surface area contributed by atoms with E-state index in [2.05, 4.69) is 11.9 Å². The molecular weight excluding hydrogens is 244 g/mol. The molecule has 6 heteroatoms. The minimum Gasteiger partial charge on any atom is -0.489 e. The molecule has 1 rings (SSSR count). The number of nitrogens with zero attached hydrogens (tertiary/aromatic N) is 2. The Morgan fingerprint density at radius 2 is 2.24 bits per heavy atom. The lowest BCUT2D eigenvalue weighted by Gasteiger charge is -2.08. The smallest absolute Gasteiger partial charge is 0.297 e. The zero-order valence-corrected chi connectivity index (χ0v) is 10.9. The fourth-order valence-corrected chi connectivity index (χ4v) is 1.49. The quantitative estimate of drug-likeness (QED) is 0.553. The molecule has 96 valence electrons. The van der Waals surface area contributed by atoms with Crippen LogP contribution in [-0.2, 0) is 11.3 Å². The van der Waals surface area contributed by atoms with E-state index in [4.69, 9.17) is 21.1 Å². The molecule has 0 aliphatic rings. The highest BCUT2D eigenvalue weighted by Gasteiger charge is 2.09. The molecule has 0 saturated heterocycles. The van der Waals surface area contributed by atoms with Gasteiger partial charge in [-0.2, -0.15) is 0 Å². The van der Waals surface area contributed by atoms with Gasteiger partial charge < -0.3 is 9.47 Å². The average molecular weight is 261 g/mol. The average Bonchev–Trinajstić information content (AvgIpc) is 2.32. The molecule has 0 unspecified atom stereocenters. The van der Waals surface area contributed by atoms with Gasteiger partial charge in [0.25, 0.3) is 5.56 Å². The summed E-state index contributed by atoms with van der Waals surface area (Å²) in [5, 5.41) is 0.0839. The molecule has 0 aliphatic carbocycles. The van der Waals surface area contributed by atoms with Crippen molar-refractivity contribution in [2.24, 2.45) is 0 Å². The third-order valence-electron chi connectivity index (χ3n) is 2.28. The van der Waals surface area contributed by atoms with Gasteiger partial charge in [0.2, 0.25) is 5.75 Å². The lowest BCUT2D eigenvalue weighted by molar-refractivity contribution is 0.122. The SMILES string of the molecule is CCCCOCCn1cnc(Cl)c(OC)c1=O. The van der Waals surface area contributed by atoms with Crippen molar-refractivity contribution in [3.63, 3.8) is 0 Å². The van der Waals surface area contributed by atoms with Gasteiger partial charge in [-0.25, -0.2) is 4.98 Å². The van der Waals surface area contributed by atoms with E-state index >= 15 is 0 Å². The fourth-order valence-electron chi connectivity index (χ4n) is 1.29. The number of hydrogen-bond acceptors (Lipinski definition) is 4. The van der Waals surface area contributed by atoms with Crippen molar-refractivity contribution in [3.8, 4) is 5.75 Å². The number of hydrogen-bond donors (Lipinski definition) is 0. The van der Waals surface area contributed by atoms with Gasteiger partial charge in [0.15, 0.2) is 5.15 Å². The zero-order chi connectivity index (χ0) is 12.7. The summed E-state index contributed by atoms with van der Waals surface area (Å²) in [5.74, 6) is 0.0720. The topological polar surface area (TPSA) is 53.4 Å². The number of rotatable bonds is 7. The summed E-state index contributed by atoms with van der Waals surface area (Å²) in [7, 11) is 1.40. The molecule has 0 atom stereocenters. The van der Waals surface area contributed by atoms with E-state index < -0.39 is 0 Å². The van der Waals surface area contributed by atoms with Crippen molar-refractivity contribution in [2.75, 3.05) is 20.3 Å². The highest BCUT2D eigenvalue weighted by molar-refractivity contribution is 6.30. The molecule has 0 amide bonds. The lowest BCUT2D eigenvalue weighted by atomic mass is 10.4. The van der Waals surface area contributed by atoms with Crippen molar-refractivity contribution in [2.45, 2.75) is 26.3 Å². The third-order valence-corrected chi connectivity index (χ3v) is 2.55. The first-order valence-corrected chi connectivity index (χ1v) is 5.95. The van der Waals surface area contributed by atoms with Crippen molar-refractivity contribution in [1.82, 2.24) is 9.55 Å². The summed E-state index contributed by atoms with van der Waals surface area (Å²) >= 11 is 5.72. The highest BCUT2D eigenvalue weighted by Crippen LogP contribution is 2.14. The summed E-state index contributed by atoms with van der Waals surface area (Å²) in [6.45, 7) is 3.74. The van der Waals surface area contributed by atoms with Crippen LogP contribution in [0, 0.1) is 0 Å². The van der Waals surface area contributed by atoms with Gasteiger partial charge in [0.05, 0.1) is 26.6 Å². The van der Waals surface area contributed by atoms with Crippen LogP contribution in [0.4, 0.5) is 0 Å². The van der Waals surface area contributed by atoms with Gasteiger partial charge in [-0.05, 0) is 6.42 Å². The number of unbranched alkanes of at least 4 members (excludes halogenated alkanes) is 1. The van der Waals surface area contributed by atoms with E-state index in [1.165, 1.54) is 18.0 Å². The maximum absolute atomic E-state index is 11.8. The second kappa shape index (κ2) is 7.29. The first-order valence-electron chi connectivity index (χ1n) is 5.57. The molecule has 17 heavy (non-hydrogen) atoms. The summed E-state index contributed by atoms with van der Waals surface area (Å²) in [6, 6.07) is 0. The van der Waals surface area contributed by atoms with Crippen LogP contribution in [0.3, 0.4) is 0 Å². The molecule has 0 aliphatic heterocycles. The molecule has 1 aromatic rings. The van der Waals surface area contributed by atoms with Crippen molar-refractivity contribution in [3.05, 3.63) is 21.8 Å². The normalized spacial score (nSPS) is 10.5. The largest absolute Gasteiger partial charge is 0.489 e. The van der Waals surface area contributed by atoms with E-state index in [1.54, 1.807) is 0 Å². The molecule has 5 nitrogen and oxygen atoms in total. The van der Waals surface area contributed by atoms with Gasteiger partial charge in [-0.3, -0.25) is 9.36 Å². The Bertz CT molecular complexity index is 406. The number of halogens is 1. The van der Waals surface area contributed by atoms with Crippen LogP contribution in [0.25, 0.3) is 0 Å². The Balaban J connectivity index is 2.57. The van der Waals surface area contributed by atoms with Gasteiger partial charge >= 0.3 is 0 Å². The first kappa shape index (κ1) is 14.0. The van der Waals surface area contributed by atoms with E-state index in [-0.39, 0.29) is 16.5 Å². The van der Waals surface area contributed by atoms with Gasteiger partial charge in [-0.15, -0.1) is 0 Å². The summed E-state index contributed by atoms with van der Waals surface area (Å²) in [4.78, 5) is 15.7. The van der Waals surface area contributed by atoms with Crippen LogP contribution in [0.5, 0.6) is 5.75 Å². The van der Waals surface area contributed by atoms with E-state index in [1.807, 2.05) is 0 Å². The van der Waals surface area contributed by atoms with E-state index in [0.717, 1.165) is 12.8 Å². The molecular formula is C11H17ClN2O3. The van der Waals surface area contributed by atoms with Crippen molar-refractivity contribution < 1.29 is 9.47 Å². The second-order valence-electron chi connectivity index (χ2n) is 3.53. The number of aromatic nitrogens is 2. The molecule has 1 heterocycles. The minimum absolute atomic E-state index is 0.0720.